The first-order chi connectivity index (χ1) is 10.8. The average Bonchev–Trinajstić information content (AvgIpc) is 2.85. The standard InChI is InChI=1S/C17H18N2O4/c1-5-15(21)16-10(2)6-13(7-11(16)3)19-9-14(23-17(19)22)8-18-12(4)20/h1,6-7,14H,8-9H2,2-4H3,(H,18,20). The van der Waals surface area contributed by atoms with Crippen molar-refractivity contribution < 1.29 is 19.1 Å². The zero-order valence-corrected chi connectivity index (χ0v) is 13.3. The fourth-order valence-electron chi connectivity index (χ4n) is 2.62. The minimum Gasteiger partial charge on any atom is -0.442 e. The van der Waals surface area contributed by atoms with Crippen molar-refractivity contribution in [2.24, 2.45) is 0 Å². The number of benzene rings is 1. The molecular formula is C17H18N2O4. The molecule has 1 fully saturated rings. The molecule has 1 saturated heterocycles. The Kier molecular flexibility index (Phi) is 4.70. The van der Waals surface area contributed by atoms with E-state index in [1.54, 1.807) is 26.0 Å². The maximum atomic E-state index is 12.0. The van der Waals surface area contributed by atoms with Gasteiger partial charge in [-0.05, 0) is 43.0 Å². The molecule has 2 rings (SSSR count). The quantitative estimate of drug-likeness (QED) is 0.520. The maximum absolute atomic E-state index is 12.0. The molecule has 0 aliphatic carbocycles. The van der Waals surface area contributed by atoms with Crippen molar-refractivity contribution in [3.63, 3.8) is 0 Å². The molecule has 0 saturated carbocycles. The third-order valence-corrected chi connectivity index (χ3v) is 3.64. The molecule has 0 aromatic heterocycles. The number of ketones is 1. The Morgan fingerprint density at radius 2 is 2.00 bits per heavy atom. The summed E-state index contributed by atoms with van der Waals surface area (Å²) in [5.41, 5.74) is 2.55. The van der Waals surface area contributed by atoms with E-state index in [1.165, 1.54) is 11.8 Å². The minimum atomic E-state index is -0.477. The molecule has 6 nitrogen and oxygen atoms in total. The van der Waals surface area contributed by atoms with Crippen molar-refractivity contribution in [2.45, 2.75) is 26.9 Å². The largest absolute Gasteiger partial charge is 0.442 e. The Hall–Kier alpha value is -2.81. The Morgan fingerprint density at radius 1 is 1.39 bits per heavy atom. The number of anilines is 1. The van der Waals surface area contributed by atoms with Crippen LogP contribution >= 0.6 is 0 Å². The van der Waals surface area contributed by atoms with Gasteiger partial charge in [0.2, 0.25) is 11.7 Å². The van der Waals surface area contributed by atoms with Crippen LogP contribution in [-0.2, 0) is 9.53 Å². The average molecular weight is 314 g/mol. The summed E-state index contributed by atoms with van der Waals surface area (Å²) >= 11 is 0. The van der Waals surface area contributed by atoms with Crippen molar-refractivity contribution >= 4 is 23.5 Å². The summed E-state index contributed by atoms with van der Waals surface area (Å²) in [7, 11) is 0. The molecule has 1 N–H and O–H groups in total. The highest BCUT2D eigenvalue weighted by Gasteiger charge is 2.32. The number of nitrogens with one attached hydrogen (secondary N) is 1. The van der Waals surface area contributed by atoms with E-state index in [0.717, 1.165) is 0 Å². The Labute approximate surface area is 134 Å². The summed E-state index contributed by atoms with van der Waals surface area (Å²) in [5.74, 6) is 1.56. The van der Waals surface area contributed by atoms with E-state index >= 15 is 0 Å². The Morgan fingerprint density at radius 3 is 2.52 bits per heavy atom. The molecule has 1 atom stereocenters. The second kappa shape index (κ2) is 6.53. The normalized spacial score (nSPS) is 16.7. The third-order valence-electron chi connectivity index (χ3n) is 3.64. The van der Waals surface area contributed by atoms with Gasteiger partial charge in [-0.2, -0.15) is 0 Å². The minimum absolute atomic E-state index is 0.177. The number of amides is 2. The lowest BCUT2D eigenvalue weighted by Crippen LogP contribution is -2.33. The zero-order chi connectivity index (χ0) is 17.1. The predicted molar refractivity (Wildman–Crippen MR) is 85.4 cm³/mol. The first kappa shape index (κ1) is 16.6. The van der Waals surface area contributed by atoms with Crippen LogP contribution in [0, 0.1) is 26.2 Å². The lowest BCUT2D eigenvalue weighted by Gasteiger charge is -2.16. The summed E-state index contributed by atoms with van der Waals surface area (Å²) in [6, 6.07) is 3.47. The Bertz CT molecular complexity index is 695. The van der Waals surface area contributed by atoms with Gasteiger partial charge in [0.25, 0.3) is 0 Å². The number of hydrogen-bond acceptors (Lipinski definition) is 4. The van der Waals surface area contributed by atoms with E-state index in [2.05, 4.69) is 11.2 Å². The van der Waals surface area contributed by atoms with Gasteiger partial charge in [0.15, 0.2) is 0 Å². The van der Waals surface area contributed by atoms with Crippen molar-refractivity contribution in [1.29, 1.82) is 0 Å². The fourth-order valence-corrected chi connectivity index (χ4v) is 2.62. The van der Waals surface area contributed by atoms with E-state index in [9.17, 15) is 14.4 Å². The first-order valence-corrected chi connectivity index (χ1v) is 7.18. The van der Waals surface area contributed by atoms with Crippen LogP contribution in [0.2, 0.25) is 0 Å². The van der Waals surface area contributed by atoms with Gasteiger partial charge in [0.05, 0.1) is 13.1 Å². The lowest BCUT2D eigenvalue weighted by atomic mass is 9.98. The topological polar surface area (TPSA) is 75.7 Å². The van der Waals surface area contributed by atoms with Gasteiger partial charge >= 0.3 is 6.09 Å². The van der Waals surface area contributed by atoms with Crippen LogP contribution in [0.1, 0.15) is 28.4 Å². The van der Waals surface area contributed by atoms with Gasteiger partial charge in [-0.1, -0.05) is 0 Å². The van der Waals surface area contributed by atoms with Crippen LogP contribution in [0.15, 0.2) is 12.1 Å². The van der Waals surface area contributed by atoms with E-state index < -0.39 is 12.2 Å². The molecule has 1 aliphatic rings. The summed E-state index contributed by atoms with van der Waals surface area (Å²) in [6.07, 6.45) is 4.30. The van der Waals surface area contributed by atoms with Crippen molar-refractivity contribution in [2.75, 3.05) is 18.0 Å². The first-order valence-electron chi connectivity index (χ1n) is 7.18. The van der Waals surface area contributed by atoms with Crippen LogP contribution < -0.4 is 10.2 Å². The second-order valence-corrected chi connectivity index (χ2v) is 5.48. The van der Waals surface area contributed by atoms with Gasteiger partial charge in [-0.15, -0.1) is 6.42 Å². The number of Topliss-reactive ketones (excluding diaryl/α,β-unsaturated/α-hetero) is 1. The van der Waals surface area contributed by atoms with Crippen molar-refractivity contribution in [3.8, 4) is 12.3 Å². The molecule has 6 heteroatoms. The molecule has 0 spiro atoms. The maximum Gasteiger partial charge on any atom is 0.414 e. The molecule has 2 amide bonds. The smallest absolute Gasteiger partial charge is 0.414 e. The van der Waals surface area contributed by atoms with E-state index in [4.69, 9.17) is 11.2 Å². The number of aryl methyl sites for hydroxylation is 2. The molecule has 1 unspecified atom stereocenters. The number of carbonyl (C=O) groups is 3. The molecular weight excluding hydrogens is 296 g/mol. The fraction of sp³-hybridized carbons (Fsp3) is 0.353. The Balaban J connectivity index is 2.23. The van der Waals surface area contributed by atoms with Crippen LogP contribution in [0.4, 0.5) is 10.5 Å². The van der Waals surface area contributed by atoms with Crippen LogP contribution in [0.5, 0.6) is 0 Å². The number of rotatable bonds is 4. The van der Waals surface area contributed by atoms with Crippen molar-refractivity contribution in [1.82, 2.24) is 5.32 Å². The van der Waals surface area contributed by atoms with Crippen LogP contribution in [0.25, 0.3) is 0 Å². The highest BCUT2D eigenvalue weighted by Crippen LogP contribution is 2.27. The van der Waals surface area contributed by atoms with Crippen molar-refractivity contribution in [3.05, 3.63) is 28.8 Å². The van der Waals surface area contributed by atoms with E-state index in [0.29, 0.717) is 28.9 Å². The molecule has 0 bridgehead atoms. The number of terminal acetylenes is 1. The molecule has 120 valence electrons. The lowest BCUT2D eigenvalue weighted by molar-refractivity contribution is -0.119. The van der Waals surface area contributed by atoms with Gasteiger partial charge < -0.3 is 10.1 Å². The summed E-state index contributed by atoms with van der Waals surface area (Å²) in [5, 5.41) is 2.62. The third kappa shape index (κ3) is 3.51. The van der Waals surface area contributed by atoms with E-state index in [-0.39, 0.29) is 18.2 Å². The molecule has 1 heterocycles. The molecule has 23 heavy (non-hydrogen) atoms. The monoisotopic (exact) mass is 314 g/mol. The predicted octanol–water partition coefficient (Wildman–Crippen LogP) is 1.58. The van der Waals surface area contributed by atoms with Gasteiger partial charge in [0, 0.05) is 18.2 Å². The van der Waals surface area contributed by atoms with Crippen LogP contribution in [-0.4, -0.2) is 37.0 Å². The SMILES string of the molecule is C#CC(=O)c1c(C)cc(N2CC(CNC(C)=O)OC2=O)cc1C. The number of ether oxygens (including phenoxy) is 1. The number of carbonyl (C=O) groups excluding carboxylic acids is 3. The summed E-state index contributed by atoms with van der Waals surface area (Å²) in [4.78, 5) is 36.2. The molecule has 1 aliphatic heterocycles. The highest BCUT2D eigenvalue weighted by atomic mass is 16.6. The second-order valence-electron chi connectivity index (χ2n) is 5.48. The van der Waals surface area contributed by atoms with Gasteiger partial charge in [0.1, 0.15) is 6.10 Å². The van der Waals surface area contributed by atoms with Gasteiger partial charge in [-0.25, -0.2) is 4.79 Å². The summed E-state index contributed by atoms with van der Waals surface area (Å²) < 4.78 is 5.23. The molecule has 0 radical (unpaired) electrons. The number of nitrogens with zero attached hydrogens (tertiary/aromatic N) is 1. The zero-order valence-electron chi connectivity index (χ0n) is 13.3. The van der Waals surface area contributed by atoms with Gasteiger partial charge in [-0.3, -0.25) is 14.5 Å². The summed E-state index contributed by atoms with van der Waals surface area (Å²) in [6.45, 7) is 5.56. The molecule has 1 aromatic rings. The molecule has 1 aromatic carbocycles. The number of cyclic esters (lactones) is 1. The van der Waals surface area contributed by atoms with E-state index in [1.807, 2.05) is 0 Å². The highest BCUT2D eigenvalue weighted by molar-refractivity contribution is 6.11. The van der Waals surface area contributed by atoms with Crippen LogP contribution in [0.3, 0.4) is 0 Å². The number of hydrogen-bond donors (Lipinski definition) is 1.